The highest BCUT2D eigenvalue weighted by Gasteiger charge is 2.18. The van der Waals surface area contributed by atoms with Crippen LogP contribution >= 0.6 is 0 Å². The zero-order valence-electron chi connectivity index (χ0n) is 8.87. The standard InChI is InChI=1S/C10H15N3O/c1-7-11-9-4-5-12(2)6-8(9)10(14)13(7)3/h4-6H2,1-3H3. The summed E-state index contributed by atoms with van der Waals surface area (Å²) in [5, 5.41) is 0. The molecular weight excluding hydrogens is 178 g/mol. The Morgan fingerprint density at radius 3 is 2.79 bits per heavy atom. The summed E-state index contributed by atoms with van der Waals surface area (Å²) in [6.45, 7) is 3.60. The molecule has 1 aliphatic heterocycles. The Labute approximate surface area is 83.2 Å². The molecule has 0 aliphatic carbocycles. The summed E-state index contributed by atoms with van der Waals surface area (Å²) in [4.78, 5) is 18.5. The van der Waals surface area contributed by atoms with E-state index in [2.05, 4.69) is 9.88 Å². The average Bonchev–Trinajstić information content (AvgIpc) is 2.16. The van der Waals surface area contributed by atoms with Crippen LogP contribution in [0.5, 0.6) is 0 Å². The van der Waals surface area contributed by atoms with Gasteiger partial charge in [-0.3, -0.25) is 9.36 Å². The monoisotopic (exact) mass is 193 g/mol. The Hall–Kier alpha value is -1.16. The Morgan fingerprint density at radius 2 is 2.07 bits per heavy atom. The normalized spacial score (nSPS) is 16.8. The van der Waals surface area contributed by atoms with Crippen LogP contribution in [0.2, 0.25) is 0 Å². The van der Waals surface area contributed by atoms with E-state index in [0.29, 0.717) is 0 Å². The van der Waals surface area contributed by atoms with Gasteiger partial charge in [-0.1, -0.05) is 0 Å². The number of aromatic nitrogens is 2. The van der Waals surface area contributed by atoms with Gasteiger partial charge in [-0.15, -0.1) is 0 Å². The summed E-state index contributed by atoms with van der Waals surface area (Å²) in [6, 6.07) is 0. The molecule has 1 aromatic heterocycles. The molecule has 4 heteroatoms. The Kier molecular flexibility index (Phi) is 2.15. The number of aryl methyl sites for hydroxylation is 1. The molecule has 2 rings (SSSR count). The molecule has 0 saturated carbocycles. The highest BCUT2D eigenvalue weighted by atomic mass is 16.1. The highest BCUT2D eigenvalue weighted by Crippen LogP contribution is 2.11. The lowest BCUT2D eigenvalue weighted by molar-refractivity contribution is 0.305. The topological polar surface area (TPSA) is 38.1 Å². The van der Waals surface area contributed by atoms with Crippen molar-refractivity contribution < 1.29 is 0 Å². The first-order valence-electron chi connectivity index (χ1n) is 4.83. The van der Waals surface area contributed by atoms with Crippen LogP contribution in [0.4, 0.5) is 0 Å². The second-order valence-electron chi connectivity index (χ2n) is 3.94. The fourth-order valence-electron chi connectivity index (χ4n) is 1.82. The molecule has 0 fully saturated rings. The van der Waals surface area contributed by atoms with Crippen molar-refractivity contribution in [1.29, 1.82) is 0 Å². The van der Waals surface area contributed by atoms with Gasteiger partial charge in [0.1, 0.15) is 5.82 Å². The number of hydrogen-bond acceptors (Lipinski definition) is 3. The Bertz CT molecular complexity index is 422. The number of likely N-dealkylation sites (N-methyl/N-ethyl adjacent to an activating group) is 1. The van der Waals surface area contributed by atoms with Gasteiger partial charge in [-0.25, -0.2) is 4.98 Å². The van der Waals surface area contributed by atoms with Gasteiger partial charge in [-0.05, 0) is 14.0 Å². The first kappa shape index (κ1) is 9.40. The predicted octanol–water partition coefficient (Wildman–Crippen LogP) is 0.0766. The van der Waals surface area contributed by atoms with E-state index in [1.165, 1.54) is 0 Å². The third-order valence-electron chi connectivity index (χ3n) is 2.85. The van der Waals surface area contributed by atoms with Gasteiger partial charge >= 0.3 is 0 Å². The van der Waals surface area contributed by atoms with Crippen molar-refractivity contribution in [3.8, 4) is 0 Å². The summed E-state index contributed by atoms with van der Waals surface area (Å²) < 4.78 is 1.62. The zero-order valence-corrected chi connectivity index (χ0v) is 8.87. The van der Waals surface area contributed by atoms with E-state index in [1.807, 2.05) is 14.0 Å². The molecule has 4 nitrogen and oxygen atoms in total. The number of rotatable bonds is 0. The maximum Gasteiger partial charge on any atom is 0.257 e. The lowest BCUT2D eigenvalue weighted by Crippen LogP contribution is -2.36. The van der Waals surface area contributed by atoms with Gasteiger partial charge in [0.25, 0.3) is 5.56 Å². The first-order valence-corrected chi connectivity index (χ1v) is 4.83. The lowest BCUT2D eigenvalue weighted by atomic mass is 10.1. The molecule has 14 heavy (non-hydrogen) atoms. The van der Waals surface area contributed by atoms with E-state index in [1.54, 1.807) is 11.6 Å². The fraction of sp³-hybridized carbons (Fsp3) is 0.600. The van der Waals surface area contributed by atoms with Crippen molar-refractivity contribution in [3.63, 3.8) is 0 Å². The summed E-state index contributed by atoms with van der Waals surface area (Å²) in [5.41, 5.74) is 1.97. The van der Waals surface area contributed by atoms with Crippen LogP contribution in [-0.4, -0.2) is 28.0 Å². The van der Waals surface area contributed by atoms with Gasteiger partial charge in [0.2, 0.25) is 0 Å². The van der Waals surface area contributed by atoms with Crippen molar-refractivity contribution in [3.05, 3.63) is 27.4 Å². The quantitative estimate of drug-likeness (QED) is 0.585. The number of hydrogen-bond donors (Lipinski definition) is 0. The molecule has 0 aromatic carbocycles. The minimum atomic E-state index is 0.110. The van der Waals surface area contributed by atoms with Crippen molar-refractivity contribution in [2.45, 2.75) is 19.9 Å². The van der Waals surface area contributed by atoms with E-state index in [-0.39, 0.29) is 5.56 Å². The molecule has 0 radical (unpaired) electrons. The van der Waals surface area contributed by atoms with E-state index >= 15 is 0 Å². The molecule has 0 amide bonds. The SMILES string of the molecule is Cc1nc2c(c(=O)n1C)CN(C)CC2. The maximum atomic E-state index is 11.9. The molecule has 76 valence electrons. The maximum absolute atomic E-state index is 11.9. The van der Waals surface area contributed by atoms with Crippen LogP contribution in [0.1, 0.15) is 17.1 Å². The van der Waals surface area contributed by atoms with Crippen LogP contribution < -0.4 is 5.56 Å². The van der Waals surface area contributed by atoms with Crippen LogP contribution in [0, 0.1) is 6.92 Å². The predicted molar refractivity (Wildman–Crippen MR) is 54.3 cm³/mol. The molecule has 0 saturated heterocycles. The van der Waals surface area contributed by atoms with Gasteiger partial charge in [0.05, 0.1) is 11.3 Å². The largest absolute Gasteiger partial charge is 0.301 e. The molecule has 1 aliphatic rings. The van der Waals surface area contributed by atoms with Gasteiger partial charge < -0.3 is 4.90 Å². The van der Waals surface area contributed by atoms with Gasteiger partial charge in [0.15, 0.2) is 0 Å². The van der Waals surface area contributed by atoms with Crippen LogP contribution in [-0.2, 0) is 20.0 Å². The molecule has 0 spiro atoms. The molecule has 0 N–H and O–H groups in total. The second-order valence-corrected chi connectivity index (χ2v) is 3.94. The van der Waals surface area contributed by atoms with E-state index in [9.17, 15) is 4.79 Å². The van der Waals surface area contributed by atoms with Crippen molar-refractivity contribution >= 4 is 0 Å². The summed E-state index contributed by atoms with van der Waals surface area (Å²) in [5.74, 6) is 0.804. The summed E-state index contributed by atoms with van der Waals surface area (Å²) in [7, 11) is 3.81. The number of nitrogens with zero attached hydrogens (tertiary/aromatic N) is 3. The van der Waals surface area contributed by atoms with Crippen LogP contribution in [0.25, 0.3) is 0 Å². The average molecular weight is 193 g/mol. The lowest BCUT2D eigenvalue weighted by Gasteiger charge is -2.24. The smallest absolute Gasteiger partial charge is 0.257 e. The molecular formula is C10H15N3O. The van der Waals surface area contributed by atoms with Crippen molar-refractivity contribution in [2.75, 3.05) is 13.6 Å². The van der Waals surface area contributed by atoms with E-state index in [4.69, 9.17) is 0 Å². The minimum absolute atomic E-state index is 0.110. The Balaban J connectivity index is 2.61. The summed E-state index contributed by atoms with van der Waals surface area (Å²) >= 11 is 0. The third kappa shape index (κ3) is 1.35. The first-order chi connectivity index (χ1) is 6.59. The highest BCUT2D eigenvalue weighted by molar-refractivity contribution is 5.21. The van der Waals surface area contributed by atoms with Gasteiger partial charge in [0, 0.05) is 26.6 Å². The summed E-state index contributed by atoms with van der Waals surface area (Å²) in [6.07, 6.45) is 0.892. The molecule has 2 heterocycles. The number of fused-ring (bicyclic) bond motifs is 1. The fourth-order valence-corrected chi connectivity index (χ4v) is 1.82. The van der Waals surface area contributed by atoms with E-state index in [0.717, 1.165) is 36.6 Å². The Morgan fingerprint density at radius 1 is 1.36 bits per heavy atom. The van der Waals surface area contributed by atoms with Crippen LogP contribution in [0.15, 0.2) is 4.79 Å². The van der Waals surface area contributed by atoms with E-state index < -0.39 is 0 Å². The van der Waals surface area contributed by atoms with Gasteiger partial charge in [-0.2, -0.15) is 0 Å². The third-order valence-corrected chi connectivity index (χ3v) is 2.85. The zero-order chi connectivity index (χ0) is 10.3. The molecule has 0 unspecified atom stereocenters. The second kappa shape index (κ2) is 3.20. The van der Waals surface area contributed by atoms with Crippen molar-refractivity contribution in [2.24, 2.45) is 7.05 Å². The molecule has 1 aromatic rings. The molecule has 0 atom stereocenters. The minimum Gasteiger partial charge on any atom is -0.301 e. The molecule has 0 bridgehead atoms. The van der Waals surface area contributed by atoms with Crippen molar-refractivity contribution in [1.82, 2.24) is 14.5 Å². The van der Waals surface area contributed by atoms with Crippen LogP contribution in [0.3, 0.4) is 0 Å².